The van der Waals surface area contributed by atoms with Gasteiger partial charge in [0, 0.05) is 0 Å². The van der Waals surface area contributed by atoms with Crippen molar-refractivity contribution in [2.75, 3.05) is 0 Å². The van der Waals surface area contributed by atoms with Gasteiger partial charge in [-0.2, -0.15) is 0 Å². The van der Waals surface area contributed by atoms with E-state index in [2.05, 4.69) is 10.3 Å². The summed E-state index contributed by atoms with van der Waals surface area (Å²) in [6, 6.07) is 0.407. The molecule has 0 saturated heterocycles. The summed E-state index contributed by atoms with van der Waals surface area (Å²) in [6.45, 7) is 2.00. The zero-order valence-corrected chi connectivity index (χ0v) is 9.65. The molecule has 0 spiro atoms. The van der Waals surface area contributed by atoms with Gasteiger partial charge < -0.3 is 5.73 Å². The van der Waals surface area contributed by atoms with Crippen LogP contribution in [-0.4, -0.2) is 20.9 Å². The second-order valence-electron chi connectivity index (χ2n) is 4.34. The van der Waals surface area contributed by atoms with Gasteiger partial charge in [0.05, 0.1) is 11.7 Å². The molecular formula is C11H18N4O. The molecule has 1 saturated carbocycles. The van der Waals surface area contributed by atoms with E-state index in [9.17, 15) is 4.79 Å². The van der Waals surface area contributed by atoms with Crippen LogP contribution < -0.4 is 5.73 Å². The van der Waals surface area contributed by atoms with Gasteiger partial charge in [-0.1, -0.05) is 31.4 Å². The number of amides is 1. The molecule has 1 aliphatic carbocycles. The van der Waals surface area contributed by atoms with Crippen molar-refractivity contribution in [2.24, 2.45) is 5.73 Å². The van der Waals surface area contributed by atoms with Crippen molar-refractivity contribution in [2.45, 2.75) is 51.5 Å². The van der Waals surface area contributed by atoms with E-state index >= 15 is 0 Å². The van der Waals surface area contributed by atoms with E-state index in [0.29, 0.717) is 11.7 Å². The summed E-state index contributed by atoms with van der Waals surface area (Å²) in [6.07, 6.45) is 6.79. The van der Waals surface area contributed by atoms with Crippen LogP contribution in [0.4, 0.5) is 0 Å². The Balaban J connectivity index is 2.29. The molecule has 88 valence electrons. The largest absolute Gasteiger partial charge is 0.364 e. The number of primary amides is 1. The van der Waals surface area contributed by atoms with Crippen molar-refractivity contribution < 1.29 is 4.79 Å². The fourth-order valence-corrected chi connectivity index (χ4v) is 2.45. The van der Waals surface area contributed by atoms with E-state index in [1.165, 1.54) is 19.3 Å². The fraction of sp³-hybridized carbons (Fsp3) is 0.727. The topological polar surface area (TPSA) is 73.8 Å². The maximum Gasteiger partial charge on any atom is 0.271 e. The van der Waals surface area contributed by atoms with E-state index in [1.807, 2.05) is 11.6 Å². The molecule has 1 aliphatic rings. The molecule has 1 amide bonds. The van der Waals surface area contributed by atoms with Crippen molar-refractivity contribution in [3.05, 3.63) is 11.4 Å². The molecule has 1 fully saturated rings. The van der Waals surface area contributed by atoms with Gasteiger partial charge in [-0.05, 0) is 19.3 Å². The smallest absolute Gasteiger partial charge is 0.271 e. The van der Waals surface area contributed by atoms with Crippen LogP contribution >= 0.6 is 0 Å². The van der Waals surface area contributed by atoms with Crippen LogP contribution in [0.3, 0.4) is 0 Å². The highest BCUT2D eigenvalue weighted by molar-refractivity contribution is 5.91. The Hall–Kier alpha value is -1.39. The molecule has 5 heteroatoms. The molecule has 0 aliphatic heterocycles. The summed E-state index contributed by atoms with van der Waals surface area (Å²) < 4.78 is 1.92. The van der Waals surface area contributed by atoms with E-state index in [-0.39, 0.29) is 0 Å². The first-order valence-corrected chi connectivity index (χ1v) is 5.98. The van der Waals surface area contributed by atoms with E-state index in [1.54, 1.807) is 0 Å². The van der Waals surface area contributed by atoms with Gasteiger partial charge in [-0.3, -0.25) is 4.79 Å². The minimum atomic E-state index is -0.473. The lowest BCUT2D eigenvalue weighted by molar-refractivity contribution is 0.0994. The number of nitrogens with two attached hydrogens (primary N) is 1. The van der Waals surface area contributed by atoms with Crippen molar-refractivity contribution >= 4 is 5.91 Å². The van der Waals surface area contributed by atoms with Gasteiger partial charge >= 0.3 is 0 Å². The minimum Gasteiger partial charge on any atom is -0.364 e. The number of aromatic nitrogens is 3. The zero-order valence-electron chi connectivity index (χ0n) is 9.65. The van der Waals surface area contributed by atoms with Gasteiger partial charge in [-0.25, -0.2) is 4.68 Å². The molecular weight excluding hydrogens is 204 g/mol. The molecule has 1 aromatic heterocycles. The minimum absolute atomic E-state index is 0.341. The lowest BCUT2D eigenvalue weighted by atomic mass is 9.95. The molecule has 0 unspecified atom stereocenters. The monoisotopic (exact) mass is 222 g/mol. The summed E-state index contributed by atoms with van der Waals surface area (Å²) >= 11 is 0. The number of nitrogens with zero attached hydrogens (tertiary/aromatic N) is 3. The van der Waals surface area contributed by atoms with E-state index < -0.39 is 5.91 Å². The number of hydrogen-bond acceptors (Lipinski definition) is 3. The molecule has 0 bridgehead atoms. The molecule has 0 atom stereocenters. The average molecular weight is 222 g/mol. The van der Waals surface area contributed by atoms with Gasteiger partial charge in [0.15, 0.2) is 5.69 Å². The van der Waals surface area contributed by atoms with Crippen molar-refractivity contribution in [3.8, 4) is 0 Å². The number of rotatable bonds is 3. The highest BCUT2D eigenvalue weighted by Crippen LogP contribution is 2.28. The standard InChI is InChI=1S/C11H18N4O/c1-2-9-10(11(12)16)13-14-15(9)8-6-4-3-5-7-8/h8H,2-7H2,1H3,(H2,12,16). The Kier molecular flexibility index (Phi) is 3.22. The summed E-state index contributed by atoms with van der Waals surface area (Å²) in [5, 5.41) is 8.00. The van der Waals surface area contributed by atoms with Crippen LogP contribution in [0.25, 0.3) is 0 Å². The normalized spacial score (nSPS) is 17.6. The Morgan fingerprint density at radius 3 is 2.69 bits per heavy atom. The van der Waals surface area contributed by atoms with Crippen molar-refractivity contribution in [3.63, 3.8) is 0 Å². The van der Waals surface area contributed by atoms with Crippen LogP contribution in [0.15, 0.2) is 0 Å². The van der Waals surface area contributed by atoms with Crippen molar-refractivity contribution in [1.29, 1.82) is 0 Å². The van der Waals surface area contributed by atoms with Gasteiger partial charge in [0.1, 0.15) is 0 Å². The lowest BCUT2D eigenvalue weighted by Gasteiger charge is -2.22. The van der Waals surface area contributed by atoms with Gasteiger partial charge in [-0.15, -0.1) is 5.10 Å². The summed E-state index contributed by atoms with van der Waals surface area (Å²) in [5.41, 5.74) is 6.51. The second-order valence-corrected chi connectivity index (χ2v) is 4.34. The predicted molar refractivity (Wildman–Crippen MR) is 60.0 cm³/mol. The molecule has 1 heterocycles. The third kappa shape index (κ3) is 1.94. The highest BCUT2D eigenvalue weighted by atomic mass is 16.1. The number of carbonyl (C=O) groups is 1. The first-order chi connectivity index (χ1) is 7.74. The molecule has 2 N–H and O–H groups in total. The first-order valence-electron chi connectivity index (χ1n) is 5.98. The van der Waals surface area contributed by atoms with Crippen LogP contribution in [0.1, 0.15) is 61.3 Å². The first kappa shape index (κ1) is 11.1. The third-order valence-electron chi connectivity index (χ3n) is 3.28. The van der Waals surface area contributed by atoms with E-state index in [4.69, 9.17) is 5.73 Å². The molecule has 16 heavy (non-hydrogen) atoms. The van der Waals surface area contributed by atoms with Gasteiger partial charge in [0.25, 0.3) is 5.91 Å². The fourth-order valence-electron chi connectivity index (χ4n) is 2.45. The molecule has 0 radical (unpaired) electrons. The second kappa shape index (κ2) is 4.63. The van der Waals surface area contributed by atoms with Crippen LogP contribution in [0.2, 0.25) is 0 Å². The summed E-state index contributed by atoms with van der Waals surface area (Å²) in [7, 11) is 0. The number of hydrogen-bond donors (Lipinski definition) is 1. The average Bonchev–Trinajstić information content (AvgIpc) is 2.73. The molecule has 5 nitrogen and oxygen atoms in total. The summed E-state index contributed by atoms with van der Waals surface area (Å²) in [4.78, 5) is 11.2. The number of carbonyl (C=O) groups excluding carboxylic acids is 1. The SMILES string of the molecule is CCc1c(C(N)=O)nnn1C1CCCCC1. The molecule has 1 aromatic rings. The Bertz CT molecular complexity index is 379. The molecule has 2 rings (SSSR count). The Morgan fingerprint density at radius 1 is 1.44 bits per heavy atom. The quantitative estimate of drug-likeness (QED) is 0.841. The van der Waals surface area contributed by atoms with Gasteiger partial charge in [0.2, 0.25) is 0 Å². The zero-order chi connectivity index (χ0) is 11.5. The van der Waals surface area contributed by atoms with Crippen LogP contribution in [0.5, 0.6) is 0 Å². The maximum absolute atomic E-state index is 11.2. The van der Waals surface area contributed by atoms with Crippen LogP contribution in [0, 0.1) is 0 Å². The Labute approximate surface area is 95.0 Å². The van der Waals surface area contributed by atoms with Crippen molar-refractivity contribution in [1.82, 2.24) is 15.0 Å². The van der Waals surface area contributed by atoms with Crippen LogP contribution in [-0.2, 0) is 6.42 Å². The predicted octanol–water partition coefficient (Wildman–Crippen LogP) is 1.44. The maximum atomic E-state index is 11.2. The highest BCUT2D eigenvalue weighted by Gasteiger charge is 2.22. The summed E-state index contributed by atoms with van der Waals surface area (Å²) in [5.74, 6) is -0.473. The van der Waals surface area contributed by atoms with E-state index in [0.717, 1.165) is 25.0 Å². The third-order valence-corrected chi connectivity index (χ3v) is 3.28. The lowest BCUT2D eigenvalue weighted by Crippen LogP contribution is -2.19. The molecule has 0 aromatic carbocycles. The Morgan fingerprint density at radius 2 is 2.12 bits per heavy atom.